The highest BCUT2D eigenvalue weighted by Gasteiger charge is 2.39. The van der Waals surface area contributed by atoms with E-state index in [1.165, 1.54) is 12.1 Å². The van der Waals surface area contributed by atoms with Crippen LogP contribution in [0.3, 0.4) is 0 Å². The molecule has 1 aromatic rings. The molecule has 0 aromatic heterocycles. The van der Waals surface area contributed by atoms with Gasteiger partial charge in [-0.3, -0.25) is 0 Å². The van der Waals surface area contributed by atoms with Gasteiger partial charge >= 0.3 is 0 Å². The molecular weight excluding hydrogens is 191 g/mol. The van der Waals surface area contributed by atoms with Crippen molar-refractivity contribution in [3.05, 3.63) is 34.6 Å². The Balaban J connectivity index is 2.25. The number of aliphatic hydroxyl groups is 1. The zero-order valence-electron chi connectivity index (χ0n) is 7.00. The van der Waals surface area contributed by atoms with Crippen LogP contribution >= 0.6 is 11.6 Å². The van der Waals surface area contributed by atoms with E-state index in [0.29, 0.717) is 10.6 Å². The quantitative estimate of drug-likeness (QED) is 0.778. The highest BCUT2D eigenvalue weighted by molar-refractivity contribution is 6.30. The topological polar surface area (TPSA) is 20.2 Å². The van der Waals surface area contributed by atoms with Crippen LogP contribution in [0.25, 0.3) is 0 Å². The summed E-state index contributed by atoms with van der Waals surface area (Å²) >= 11 is 5.75. The van der Waals surface area contributed by atoms with Gasteiger partial charge in [0, 0.05) is 11.6 Å². The van der Waals surface area contributed by atoms with Crippen molar-refractivity contribution in [2.75, 3.05) is 6.61 Å². The molecule has 2 rings (SSSR count). The van der Waals surface area contributed by atoms with E-state index in [1.807, 2.05) is 0 Å². The molecule has 13 heavy (non-hydrogen) atoms. The van der Waals surface area contributed by atoms with Gasteiger partial charge in [-0.05, 0) is 42.0 Å². The fourth-order valence-corrected chi connectivity index (χ4v) is 1.81. The molecule has 0 bridgehead atoms. The van der Waals surface area contributed by atoms with Gasteiger partial charge in [-0.25, -0.2) is 4.39 Å². The molecule has 2 atom stereocenters. The minimum absolute atomic E-state index is 0.136. The van der Waals surface area contributed by atoms with Gasteiger partial charge in [0.15, 0.2) is 0 Å². The van der Waals surface area contributed by atoms with Gasteiger partial charge in [0.2, 0.25) is 0 Å². The van der Waals surface area contributed by atoms with Gasteiger partial charge in [0.1, 0.15) is 5.82 Å². The normalized spacial score (nSPS) is 26.1. The van der Waals surface area contributed by atoms with Crippen molar-refractivity contribution in [2.45, 2.75) is 12.3 Å². The van der Waals surface area contributed by atoms with Crippen LogP contribution < -0.4 is 0 Å². The van der Waals surface area contributed by atoms with Crippen LogP contribution in [0.15, 0.2) is 18.2 Å². The first-order valence-corrected chi connectivity index (χ1v) is 4.66. The summed E-state index contributed by atoms with van der Waals surface area (Å²) in [6.07, 6.45) is 0.869. The summed E-state index contributed by atoms with van der Waals surface area (Å²) in [4.78, 5) is 0. The Bertz CT molecular complexity index is 327. The predicted octanol–water partition coefficient (Wildman–Crippen LogP) is 2.57. The van der Waals surface area contributed by atoms with Crippen LogP contribution in [-0.2, 0) is 0 Å². The van der Waals surface area contributed by atoms with Gasteiger partial charge in [-0.2, -0.15) is 0 Å². The molecule has 0 saturated heterocycles. The van der Waals surface area contributed by atoms with Crippen molar-refractivity contribution in [1.82, 2.24) is 0 Å². The first-order valence-electron chi connectivity index (χ1n) is 4.28. The van der Waals surface area contributed by atoms with Gasteiger partial charge < -0.3 is 5.11 Å². The van der Waals surface area contributed by atoms with Crippen LogP contribution in [0.4, 0.5) is 4.39 Å². The summed E-state index contributed by atoms with van der Waals surface area (Å²) in [5.41, 5.74) is 0.645. The molecule has 3 heteroatoms. The molecule has 1 N–H and O–H groups in total. The number of rotatable bonds is 2. The molecule has 0 radical (unpaired) electrons. The molecule has 1 aromatic carbocycles. The summed E-state index contributed by atoms with van der Waals surface area (Å²) in [6, 6.07) is 4.57. The lowest BCUT2D eigenvalue weighted by Gasteiger charge is -2.01. The molecule has 0 spiro atoms. The number of hydrogen-bond acceptors (Lipinski definition) is 1. The van der Waals surface area contributed by atoms with Crippen molar-refractivity contribution in [2.24, 2.45) is 5.92 Å². The third kappa shape index (κ3) is 1.69. The largest absolute Gasteiger partial charge is 0.396 e. The highest BCUT2D eigenvalue weighted by Crippen LogP contribution is 2.48. The number of benzene rings is 1. The first kappa shape index (κ1) is 8.97. The lowest BCUT2D eigenvalue weighted by molar-refractivity contribution is 0.273. The van der Waals surface area contributed by atoms with E-state index in [0.717, 1.165) is 6.42 Å². The van der Waals surface area contributed by atoms with Crippen molar-refractivity contribution < 1.29 is 9.50 Å². The smallest absolute Gasteiger partial charge is 0.126 e. The van der Waals surface area contributed by atoms with Crippen LogP contribution in [0.1, 0.15) is 17.9 Å². The average Bonchev–Trinajstić information content (AvgIpc) is 2.88. The summed E-state index contributed by atoms with van der Waals surface area (Å²) in [7, 11) is 0. The zero-order chi connectivity index (χ0) is 9.42. The van der Waals surface area contributed by atoms with E-state index in [1.54, 1.807) is 6.07 Å². The number of aliphatic hydroxyl groups excluding tert-OH is 1. The van der Waals surface area contributed by atoms with Gasteiger partial charge in [0.05, 0.1) is 0 Å². The van der Waals surface area contributed by atoms with Crippen molar-refractivity contribution in [1.29, 1.82) is 0 Å². The van der Waals surface area contributed by atoms with Gasteiger partial charge in [-0.1, -0.05) is 11.6 Å². The fraction of sp³-hybridized carbons (Fsp3) is 0.400. The summed E-state index contributed by atoms with van der Waals surface area (Å²) in [5, 5.41) is 9.40. The van der Waals surface area contributed by atoms with Crippen molar-refractivity contribution in [3.63, 3.8) is 0 Å². The second kappa shape index (κ2) is 3.28. The van der Waals surface area contributed by atoms with Crippen LogP contribution in [0, 0.1) is 11.7 Å². The average molecular weight is 201 g/mol. The van der Waals surface area contributed by atoms with E-state index in [2.05, 4.69) is 0 Å². The SMILES string of the molecule is OCC1CC1c1cc(Cl)ccc1F. The lowest BCUT2D eigenvalue weighted by atomic mass is 10.1. The number of halogens is 2. The highest BCUT2D eigenvalue weighted by atomic mass is 35.5. The minimum atomic E-state index is -0.217. The summed E-state index contributed by atoms with van der Waals surface area (Å²) in [6.45, 7) is 0.136. The Morgan fingerprint density at radius 3 is 2.92 bits per heavy atom. The third-order valence-corrected chi connectivity index (χ3v) is 2.75. The molecule has 1 saturated carbocycles. The lowest BCUT2D eigenvalue weighted by Crippen LogP contribution is -1.92. The predicted molar refractivity (Wildman–Crippen MR) is 49.3 cm³/mol. The Morgan fingerprint density at radius 2 is 2.31 bits per heavy atom. The third-order valence-electron chi connectivity index (χ3n) is 2.51. The minimum Gasteiger partial charge on any atom is -0.396 e. The molecule has 0 heterocycles. The molecule has 0 amide bonds. The van der Waals surface area contributed by atoms with Gasteiger partial charge in [-0.15, -0.1) is 0 Å². The standard InChI is InChI=1S/C10H10ClFO/c11-7-1-2-10(12)9(4-7)8-3-6(8)5-13/h1-2,4,6,8,13H,3,5H2. The maximum atomic E-state index is 13.2. The van der Waals surface area contributed by atoms with E-state index in [-0.39, 0.29) is 24.3 Å². The van der Waals surface area contributed by atoms with Crippen molar-refractivity contribution in [3.8, 4) is 0 Å². The van der Waals surface area contributed by atoms with Crippen LogP contribution in [0.5, 0.6) is 0 Å². The van der Waals surface area contributed by atoms with E-state index in [9.17, 15) is 4.39 Å². The number of hydrogen-bond donors (Lipinski definition) is 1. The molecular formula is C10H10ClFO. The van der Waals surface area contributed by atoms with Crippen LogP contribution in [-0.4, -0.2) is 11.7 Å². The second-order valence-corrected chi connectivity index (χ2v) is 3.89. The Hall–Kier alpha value is -0.600. The molecule has 1 aliphatic carbocycles. The Labute approximate surface area is 81.1 Å². The van der Waals surface area contributed by atoms with E-state index < -0.39 is 0 Å². The molecule has 0 aliphatic heterocycles. The Morgan fingerprint density at radius 1 is 1.54 bits per heavy atom. The fourth-order valence-electron chi connectivity index (χ4n) is 1.63. The van der Waals surface area contributed by atoms with Crippen LogP contribution in [0.2, 0.25) is 5.02 Å². The van der Waals surface area contributed by atoms with E-state index >= 15 is 0 Å². The molecule has 70 valence electrons. The molecule has 1 nitrogen and oxygen atoms in total. The maximum absolute atomic E-state index is 13.2. The Kier molecular flexibility index (Phi) is 2.26. The molecule has 1 aliphatic rings. The molecule has 2 unspecified atom stereocenters. The summed E-state index contributed by atoms with van der Waals surface area (Å²) < 4.78 is 13.2. The second-order valence-electron chi connectivity index (χ2n) is 3.45. The summed E-state index contributed by atoms with van der Waals surface area (Å²) in [5.74, 6) is 0.182. The van der Waals surface area contributed by atoms with Crippen molar-refractivity contribution >= 4 is 11.6 Å². The monoisotopic (exact) mass is 200 g/mol. The maximum Gasteiger partial charge on any atom is 0.126 e. The van der Waals surface area contributed by atoms with Gasteiger partial charge in [0.25, 0.3) is 0 Å². The van der Waals surface area contributed by atoms with E-state index in [4.69, 9.17) is 16.7 Å². The first-order chi connectivity index (χ1) is 6.22. The zero-order valence-corrected chi connectivity index (χ0v) is 7.76. The molecule has 1 fully saturated rings.